The fraction of sp³-hybridized carbons (Fsp3) is 0.261. The van der Waals surface area contributed by atoms with Gasteiger partial charge in [0.05, 0.1) is 5.02 Å². The van der Waals surface area contributed by atoms with Crippen molar-refractivity contribution < 1.29 is 22.7 Å². The summed E-state index contributed by atoms with van der Waals surface area (Å²) in [6, 6.07) is 13.6. The van der Waals surface area contributed by atoms with Crippen molar-refractivity contribution in [2.24, 2.45) is 0 Å². The molecule has 0 unspecified atom stereocenters. The highest BCUT2D eigenvalue weighted by Crippen LogP contribution is 2.40. The molecule has 3 rings (SSSR count). The molecule has 182 valence electrons. The zero-order valence-electron chi connectivity index (χ0n) is 18.7. The van der Waals surface area contributed by atoms with E-state index in [0.29, 0.717) is 32.7 Å². The van der Waals surface area contributed by atoms with Crippen LogP contribution in [-0.4, -0.2) is 33.2 Å². The lowest BCUT2D eigenvalue weighted by atomic mass is 10.1. The highest BCUT2D eigenvalue weighted by molar-refractivity contribution is 7.91. The summed E-state index contributed by atoms with van der Waals surface area (Å²) in [7, 11) is -3.85. The van der Waals surface area contributed by atoms with Gasteiger partial charge in [-0.1, -0.05) is 41.4 Å². The van der Waals surface area contributed by atoms with Crippen molar-refractivity contribution in [3.8, 4) is 22.6 Å². The molecule has 0 radical (unpaired) electrons. The van der Waals surface area contributed by atoms with E-state index in [1.165, 1.54) is 0 Å². The number of sulfonamides is 1. The number of alkyl carbamates (subject to hydrolysis) is 1. The largest absolute Gasteiger partial charge is 0.455 e. The van der Waals surface area contributed by atoms with E-state index in [-0.39, 0.29) is 17.3 Å². The lowest BCUT2D eigenvalue weighted by Gasteiger charge is -2.19. The van der Waals surface area contributed by atoms with Crippen molar-refractivity contribution in [2.45, 2.75) is 30.6 Å². The van der Waals surface area contributed by atoms with Gasteiger partial charge in [0.15, 0.2) is 0 Å². The molecule has 0 bridgehead atoms. The molecular formula is C23H24Cl2N2O5S2. The Kier molecular flexibility index (Phi) is 8.48. The SMILES string of the molecule is CC(C)(C)OC(=O)NCCNS(=O)(=O)c1sccc1-c1ccccc1Oc1ccc(Cl)cc1Cl. The van der Waals surface area contributed by atoms with Crippen LogP contribution in [0, 0.1) is 0 Å². The van der Waals surface area contributed by atoms with E-state index in [2.05, 4.69) is 10.0 Å². The van der Waals surface area contributed by atoms with E-state index in [1.54, 1.807) is 74.7 Å². The first kappa shape index (κ1) is 26.3. The van der Waals surface area contributed by atoms with Gasteiger partial charge >= 0.3 is 6.09 Å². The van der Waals surface area contributed by atoms with Crippen LogP contribution in [0.2, 0.25) is 10.0 Å². The predicted octanol–water partition coefficient (Wildman–Crippen LogP) is 6.32. The standard InChI is InChI=1S/C23H24Cl2N2O5S2/c1-23(2,3)32-22(28)26-11-12-27-34(29,30)21-17(10-13-33-21)16-6-4-5-7-19(16)31-20-9-8-15(24)14-18(20)25/h4-10,13-14,27H,11-12H2,1-3H3,(H,26,28). The molecule has 0 aliphatic rings. The first-order valence-corrected chi connectivity index (χ1v) is 13.3. The number of rotatable bonds is 8. The van der Waals surface area contributed by atoms with Crippen LogP contribution >= 0.6 is 34.5 Å². The van der Waals surface area contributed by atoms with Crippen molar-refractivity contribution in [1.29, 1.82) is 0 Å². The van der Waals surface area contributed by atoms with Crippen molar-refractivity contribution in [3.63, 3.8) is 0 Å². The molecule has 0 spiro atoms. The monoisotopic (exact) mass is 542 g/mol. The van der Waals surface area contributed by atoms with Crippen molar-refractivity contribution in [3.05, 3.63) is 64.0 Å². The Morgan fingerprint density at radius 3 is 2.44 bits per heavy atom. The molecule has 1 amide bonds. The van der Waals surface area contributed by atoms with Crippen molar-refractivity contribution in [2.75, 3.05) is 13.1 Å². The summed E-state index contributed by atoms with van der Waals surface area (Å²) in [6.45, 7) is 5.31. The lowest BCUT2D eigenvalue weighted by molar-refractivity contribution is 0.0529. The Balaban J connectivity index is 1.76. The van der Waals surface area contributed by atoms with Gasteiger partial charge in [-0.3, -0.25) is 0 Å². The minimum absolute atomic E-state index is 0.00253. The van der Waals surface area contributed by atoms with Crippen LogP contribution in [0.4, 0.5) is 4.79 Å². The number of amides is 1. The minimum atomic E-state index is -3.85. The highest BCUT2D eigenvalue weighted by Gasteiger charge is 2.23. The molecule has 0 saturated heterocycles. The third-order valence-corrected chi connectivity index (χ3v) is 7.73. The van der Waals surface area contributed by atoms with E-state index < -0.39 is 21.7 Å². The molecule has 0 saturated carbocycles. The van der Waals surface area contributed by atoms with Gasteiger partial charge in [0.2, 0.25) is 0 Å². The third kappa shape index (κ3) is 7.10. The molecule has 0 aliphatic heterocycles. The quantitative estimate of drug-likeness (QED) is 0.325. The molecule has 34 heavy (non-hydrogen) atoms. The molecule has 0 aliphatic carbocycles. The zero-order valence-corrected chi connectivity index (χ0v) is 21.9. The topological polar surface area (TPSA) is 93.7 Å². The van der Waals surface area contributed by atoms with Gasteiger partial charge < -0.3 is 14.8 Å². The highest BCUT2D eigenvalue weighted by atomic mass is 35.5. The molecule has 1 aromatic heterocycles. The Hall–Kier alpha value is -2.30. The number of carbonyl (C=O) groups is 1. The second-order valence-corrected chi connectivity index (χ2v) is 11.8. The van der Waals surface area contributed by atoms with E-state index in [4.69, 9.17) is 32.7 Å². The minimum Gasteiger partial charge on any atom is -0.455 e. The Morgan fingerprint density at radius 2 is 1.74 bits per heavy atom. The van der Waals surface area contributed by atoms with Crippen LogP contribution in [-0.2, 0) is 14.8 Å². The Morgan fingerprint density at radius 1 is 1.00 bits per heavy atom. The number of thiophene rings is 1. The molecule has 2 aromatic carbocycles. The van der Waals surface area contributed by atoms with Crippen molar-refractivity contribution in [1.82, 2.24) is 10.0 Å². The molecule has 11 heteroatoms. The van der Waals surface area contributed by atoms with Gasteiger partial charge in [0.1, 0.15) is 21.3 Å². The van der Waals surface area contributed by atoms with Gasteiger partial charge in [-0.2, -0.15) is 0 Å². The molecule has 2 N–H and O–H groups in total. The van der Waals surface area contributed by atoms with Crippen LogP contribution in [0.1, 0.15) is 20.8 Å². The number of para-hydroxylation sites is 1. The number of halogens is 2. The molecular weight excluding hydrogens is 519 g/mol. The average Bonchev–Trinajstić information content (AvgIpc) is 3.23. The number of hydrogen-bond donors (Lipinski definition) is 2. The fourth-order valence-corrected chi connectivity index (χ4v) is 5.79. The molecule has 0 atom stereocenters. The maximum Gasteiger partial charge on any atom is 0.407 e. The summed E-state index contributed by atoms with van der Waals surface area (Å²) >= 11 is 13.3. The second kappa shape index (κ2) is 11.0. The Labute approximate surface area is 213 Å². The normalized spacial score (nSPS) is 11.8. The Bertz CT molecular complexity index is 1270. The summed E-state index contributed by atoms with van der Waals surface area (Å²) in [5.41, 5.74) is 0.432. The predicted molar refractivity (Wildman–Crippen MR) is 136 cm³/mol. The van der Waals surface area contributed by atoms with Gasteiger partial charge in [-0.15, -0.1) is 11.3 Å². The fourth-order valence-electron chi connectivity index (χ4n) is 2.89. The molecule has 0 fully saturated rings. The second-order valence-electron chi connectivity index (χ2n) is 8.12. The van der Waals surface area contributed by atoms with E-state index in [1.807, 2.05) is 0 Å². The molecule has 1 heterocycles. The van der Waals surface area contributed by atoms with Gasteiger partial charge in [-0.05, 0) is 56.5 Å². The van der Waals surface area contributed by atoms with Crippen molar-refractivity contribution >= 4 is 50.7 Å². The summed E-state index contributed by atoms with van der Waals surface area (Å²) in [5.74, 6) is 0.831. The first-order valence-electron chi connectivity index (χ1n) is 10.2. The number of nitrogens with one attached hydrogen (secondary N) is 2. The summed E-state index contributed by atoms with van der Waals surface area (Å²) in [4.78, 5) is 11.7. The summed E-state index contributed by atoms with van der Waals surface area (Å²) in [5, 5.41) is 5.02. The van der Waals surface area contributed by atoms with Gasteiger partial charge in [-0.25, -0.2) is 17.9 Å². The third-order valence-electron chi connectivity index (χ3n) is 4.25. The average molecular weight is 543 g/mol. The number of benzene rings is 2. The van der Waals surface area contributed by atoms with Crippen LogP contribution in [0.5, 0.6) is 11.5 Å². The van der Waals surface area contributed by atoms with E-state index in [9.17, 15) is 13.2 Å². The first-order chi connectivity index (χ1) is 16.0. The molecule has 3 aromatic rings. The maximum atomic E-state index is 13.0. The summed E-state index contributed by atoms with van der Waals surface area (Å²) in [6.07, 6.45) is -0.615. The van der Waals surface area contributed by atoms with Crippen LogP contribution < -0.4 is 14.8 Å². The van der Waals surface area contributed by atoms with Gasteiger partial charge in [0, 0.05) is 29.2 Å². The van der Waals surface area contributed by atoms with Crippen LogP contribution in [0.25, 0.3) is 11.1 Å². The molecule has 7 nitrogen and oxygen atoms in total. The van der Waals surface area contributed by atoms with E-state index in [0.717, 1.165) is 11.3 Å². The van der Waals surface area contributed by atoms with E-state index >= 15 is 0 Å². The smallest absolute Gasteiger partial charge is 0.407 e. The zero-order chi connectivity index (χ0) is 24.9. The number of hydrogen-bond acceptors (Lipinski definition) is 6. The maximum absolute atomic E-state index is 13.0. The lowest BCUT2D eigenvalue weighted by Crippen LogP contribution is -2.37. The summed E-state index contributed by atoms with van der Waals surface area (Å²) < 4.78 is 39.8. The number of ether oxygens (including phenoxy) is 2. The number of carbonyl (C=O) groups excluding carboxylic acids is 1. The van der Waals surface area contributed by atoms with Crippen LogP contribution in [0.3, 0.4) is 0 Å². The van der Waals surface area contributed by atoms with Gasteiger partial charge in [0.25, 0.3) is 10.0 Å². The van der Waals surface area contributed by atoms with Crippen LogP contribution in [0.15, 0.2) is 58.1 Å².